The predicted molar refractivity (Wildman–Crippen MR) is 132 cm³/mol. The van der Waals surface area contributed by atoms with Gasteiger partial charge in [0.15, 0.2) is 0 Å². The molecule has 0 aliphatic heterocycles. The summed E-state index contributed by atoms with van der Waals surface area (Å²) in [6.45, 7) is 10.2. The molecule has 0 fully saturated rings. The van der Waals surface area contributed by atoms with Crippen molar-refractivity contribution in [2.45, 2.75) is 90.4 Å². The molecular weight excluding hydrogens is 456 g/mol. The first kappa shape index (κ1) is 30.1. The maximum Gasteiger partial charge on any atom is 0.311 e. The lowest BCUT2D eigenvalue weighted by Gasteiger charge is -2.30. The standard InChI is InChI=1S/C26H42O7S/c1-7-10-11-20(8-2)18-33-24(27)22(17-26(5,9-3)25(28)32-6)16-19(4)21-12-14-23(15-13-21)34(29,30)31/h12-15,19-20,22H,7-11,16-18H2,1-6H3,(H,29,30,31). The maximum absolute atomic E-state index is 13.2. The summed E-state index contributed by atoms with van der Waals surface area (Å²) in [6.07, 6.45) is 5.38. The molecular formula is C26H42O7S. The van der Waals surface area contributed by atoms with Gasteiger partial charge in [-0.15, -0.1) is 0 Å². The molecule has 4 unspecified atom stereocenters. The van der Waals surface area contributed by atoms with Crippen LogP contribution in [0.3, 0.4) is 0 Å². The number of rotatable bonds is 15. The van der Waals surface area contributed by atoms with E-state index in [1.807, 2.05) is 13.8 Å². The quantitative estimate of drug-likeness (QED) is 0.241. The number of esters is 2. The van der Waals surface area contributed by atoms with Gasteiger partial charge in [-0.05, 0) is 62.1 Å². The molecule has 0 heterocycles. The molecule has 0 saturated heterocycles. The predicted octanol–water partition coefficient (Wildman–Crippen LogP) is 5.78. The number of carbonyl (C=O) groups is 2. The van der Waals surface area contributed by atoms with Gasteiger partial charge in [-0.2, -0.15) is 8.42 Å². The SMILES string of the molecule is CCCCC(CC)COC(=O)C(CC(C)c1ccc(S(=O)(=O)O)cc1)CC(C)(CC)C(=O)OC. The monoisotopic (exact) mass is 498 g/mol. The van der Waals surface area contributed by atoms with E-state index in [0.717, 1.165) is 31.2 Å². The summed E-state index contributed by atoms with van der Waals surface area (Å²) in [6, 6.07) is 5.96. The van der Waals surface area contributed by atoms with E-state index in [0.29, 0.717) is 31.8 Å². The summed E-state index contributed by atoms with van der Waals surface area (Å²) < 4.78 is 42.6. The Morgan fingerprint density at radius 2 is 1.74 bits per heavy atom. The lowest BCUT2D eigenvalue weighted by Crippen LogP contribution is -2.34. The zero-order valence-corrected chi connectivity index (χ0v) is 22.3. The van der Waals surface area contributed by atoms with E-state index in [-0.39, 0.29) is 22.8 Å². The van der Waals surface area contributed by atoms with E-state index < -0.39 is 21.5 Å². The van der Waals surface area contributed by atoms with Gasteiger partial charge >= 0.3 is 11.9 Å². The molecule has 8 heteroatoms. The van der Waals surface area contributed by atoms with Gasteiger partial charge in [0.05, 0.1) is 29.9 Å². The summed E-state index contributed by atoms with van der Waals surface area (Å²) >= 11 is 0. The third kappa shape index (κ3) is 9.02. The van der Waals surface area contributed by atoms with Crippen LogP contribution in [0.5, 0.6) is 0 Å². The summed E-state index contributed by atoms with van der Waals surface area (Å²) in [7, 11) is -2.92. The molecule has 1 aromatic carbocycles. The van der Waals surface area contributed by atoms with Crippen LogP contribution in [0.1, 0.15) is 91.0 Å². The van der Waals surface area contributed by atoms with Crippen molar-refractivity contribution in [1.82, 2.24) is 0 Å². The highest BCUT2D eigenvalue weighted by Gasteiger charge is 2.38. The first-order valence-corrected chi connectivity index (χ1v) is 13.7. The second kappa shape index (κ2) is 13.8. The van der Waals surface area contributed by atoms with Gasteiger partial charge in [-0.25, -0.2) is 0 Å². The molecule has 1 aromatic rings. The van der Waals surface area contributed by atoms with E-state index in [2.05, 4.69) is 13.8 Å². The van der Waals surface area contributed by atoms with E-state index in [9.17, 15) is 22.6 Å². The number of ether oxygens (including phenoxy) is 2. The molecule has 0 aromatic heterocycles. The van der Waals surface area contributed by atoms with Gasteiger partial charge in [0.1, 0.15) is 0 Å². The Bertz CT molecular complexity index is 879. The molecule has 1 N–H and O–H groups in total. The molecule has 0 amide bonds. The molecule has 1 rings (SSSR count). The number of carbonyl (C=O) groups excluding carboxylic acids is 2. The normalized spacial score (nSPS) is 16.2. The molecule has 0 radical (unpaired) electrons. The van der Waals surface area contributed by atoms with Gasteiger partial charge in [0, 0.05) is 0 Å². The minimum Gasteiger partial charge on any atom is -0.469 e. The van der Waals surface area contributed by atoms with Crippen molar-refractivity contribution in [1.29, 1.82) is 0 Å². The summed E-state index contributed by atoms with van der Waals surface area (Å²) in [5.74, 6) is -0.988. The van der Waals surface area contributed by atoms with E-state index in [4.69, 9.17) is 9.47 Å². The smallest absolute Gasteiger partial charge is 0.311 e. The first-order valence-electron chi connectivity index (χ1n) is 12.2. The van der Waals surface area contributed by atoms with E-state index in [1.165, 1.54) is 19.2 Å². The van der Waals surface area contributed by atoms with Crippen molar-refractivity contribution in [3.05, 3.63) is 29.8 Å². The van der Waals surface area contributed by atoms with Crippen LogP contribution in [0, 0.1) is 17.3 Å². The Hall–Kier alpha value is -1.93. The highest BCUT2D eigenvalue weighted by Crippen LogP contribution is 2.36. The van der Waals surface area contributed by atoms with Crippen LogP contribution in [0.15, 0.2) is 29.2 Å². The molecule has 194 valence electrons. The van der Waals surface area contributed by atoms with Crippen LogP contribution in [0.25, 0.3) is 0 Å². The Labute approximate surface area is 205 Å². The number of methoxy groups -OCH3 is 1. The number of hydrogen-bond donors (Lipinski definition) is 1. The van der Waals surface area contributed by atoms with Crippen molar-refractivity contribution >= 4 is 22.1 Å². The molecule has 0 aliphatic carbocycles. The van der Waals surface area contributed by atoms with Crippen molar-refractivity contribution < 1.29 is 32.0 Å². The van der Waals surface area contributed by atoms with Crippen LogP contribution in [0.4, 0.5) is 0 Å². The van der Waals surface area contributed by atoms with Crippen molar-refractivity contribution in [3.8, 4) is 0 Å². The van der Waals surface area contributed by atoms with Crippen LogP contribution >= 0.6 is 0 Å². The summed E-state index contributed by atoms with van der Waals surface area (Å²) in [5, 5.41) is 0. The Morgan fingerprint density at radius 1 is 1.12 bits per heavy atom. The largest absolute Gasteiger partial charge is 0.469 e. The molecule has 0 spiro atoms. The Balaban J connectivity index is 3.08. The molecule has 7 nitrogen and oxygen atoms in total. The van der Waals surface area contributed by atoms with E-state index >= 15 is 0 Å². The molecule has 0 bridgehead atoms. The third-order valence-electron chi connectivity index (χ3n) is 6.88. The zero-order chi connectivity index (χ0) is 25.9. The van der Waals surface area contributed by atoms with Gasteiger partial charge in [0.2, 0.25) is 0 Å². The van der Waals surface area contributed by atoms with Crippen LogP contribution in [0.2, 0.25) is 0 Å². The highest BCUT2D eigenvalue weighted by molar-refractivity contribution is 7.85. The lowest BCUT2D eigenvalue weighted by atomic mass is 9.75. The molecule has 0 saturated carbocycles. The lowest BCUT2D eigenvalue weighted by molar-refractivity contribution is -0.157. The van der Waals surface area contributed by atoms with E-state index in [1.54, 1.807) is 19.1 Å². The van der Waals surface area contributed by atoms with Gasteiger partial charge < -0.3 is 9.47 Å². The second-order valence-electron chi connectivity index (χ2n) is 9.53. The van der Waals surface area contributed by atoms with Crippen LogP contribution in [-0.4, -0.2) is 38.6 Å². The average Bonchev–Trinajstić information content (AvgIpc) is 2.82. The zero-order valence-electron chi connectivity index (χ0n) is 21.5. The van der Waals surface area contributed by atoms with Crippen molar-refractivity contribution in [2.24, 2.45) is 17.3 Å². The van der Waals surface area contributed by atoms with Crippen LogP contribution < -0.4 is 0 Å². The van der Waals surface area contributed by atoms with Crippen molar-refractivity contribution in [2.75, 3.05) is 13.7 Å². The molecule has 0 aliphatic rings. The highest BCUT2D eigenvalue weighted by atomic mass is 32.2. The summed E-state index contributed by atoms with van der Waals surface area (Å²) in [5.41, 5.74) is 0.00940. The Kier molecular flexibility index (Phi) is 12.2. The fraction of sp³-hybridized carbons (Fsp3) is 0.692. The third-order valence-corrected chi connectivity index (χ3v) is 7.75. The van der Waals surface area contributed by atoms with Gasteiger partial charge in [-0.3, -0.25) is 14.1 Å². The minimum atomic E-state index is -4.27. The fourth-order valence-electron chi connectivity index (χ4n) is 4.17. The van der Waals surface area contributed by atoms with Gasteiger partial charge in [0.25, 0.3) is 10.1 Å². The fourth-order valence-corrected chi connectivity index (χ4v) is 4.65. The Morgan fingerprint density at radius 3 is 2.21 bits per heavy atom. The number of hydrogen-bond acceptors (Lipinski definition) is 6. The first-order chi connectivity index (χ1) is 15.9. The van der Waals surface area contributed by atoms with Crippen molar-refractivity contribution in [3.63, 3.8) is 0 Å². The average molecular weight is 499 g/mol. The maximum atomic E-state index is 13.2. The second-order valence-corrected chi connectivity index (χ2v) is 11.0. The minimum absolute atomic E-state index is 0.103. The number of unbranched alkanes of at least 4 members (excludes halogenated alkanes) is 1. The van der Waals surface area contributed by atoms with Crippen LogP contribution in [-0.2, 0) is 29.2 Å². The van der Waals surface area contributed by atoms with Gasteiger partial charge in [-0.1, -0.05) is 59.1 Å². The topological polar surface area (TPSA) is 107 Å². The molecule has 34 heavy (non-hydrogen) atoms. The molecule has 4 atom stereocenters. The number of benzene rings is 1. The summed E-state index contributed by atoms with van der Waals surface area (Å²) in [4.78, 5) is 25.5.